The zero-order chi connectivity index (χ0) is 15.2. The van der Waals surface area contributed by atoms with Crippen molar-refractivity contribution in [2.45, 2.75) is 38.8 Å². The van der Waals surface area contributed by atoms with E-state index in [1.807, 2.05) is 32.0 Å². The maximum Gasteiger partial charge on any atom is 0.221 e. The summed E-state index contributed by atoms with van der Waals surface area (Å²) >= 11 is 0. The Kier molecular flexibility index (Phi) is 5.44. The maximum absolute atomic E-state index is 11.6. The first kappa shape index (κ1) is 15.6. The van der Waals surface area contributed by atoms with Gasteiger partial charge in [0.2, 0.25) is 5.91 Å². The van der Waals surface area contributed by atoms with Gasteiger partial charge in [0.05, 0.1) is 13.7 Å². The third-order valence-corrected chi connectivity index (χ3v) is 3.45. The molecule has 5 heteroatoms. The summed E-state index contributed by atoms with van der Waals surface area (Å²) < 4.78 is 10.9. The molecule has 2 rings (SSSR count). The van der Waals surface area contributed by atoms with Crippen molar-refractivity contribution in [3.8, 4) is 11.5 Å². The van der Waals surface area contributed by atoms with E-state index in [1.54, 1.807) is 7.11 Å². The Morgan fingerprint density at radius 3 is 3.00 bits per heavy atom. The van der Waals surface area contributed by atoms with Crippen molar-refractivity contribution in [2.75, 3.05) is 20.3 Å². The zero-order valence-corrected chi connectivity index (χ0v) is 12.9. The maximum atomic E-state index is 11.6. The summed E-state index contributed by atoms with van der Waals surface area (Å²) in [4.78, 5) is 11.6. The van der Waals surface area contributed by atoms with Gasteiger partial charge in [-0.1, -0.05) is 0 Å². The molecule has 1 amide bonds. The minimum Gasteiger partial charge on any atom is -0.497 e. The van der Waals surface area contributed by atoms with Crippen LogP contribution in [0.2, 0.25) is 0 Å². The first-order valence-electron chi connectivity index (χ1n) is 7.43. The van der Waals surface area contributed by atoms with Crippen molar-refractivity contribution in [1.82, 2.24) is 10.6 Å². The molecule has 0 aromatic heterocycles. The van der Waals surface area contributed by atoms with Crippen LogP contribution >= 0.6 is 0 Å². The smallest absolute Gasteiger partial charge is 0.221 e. The van der Waals surface area contributed by atoms with Crippen LogP contribution in [0.4, 0.5) is 0 Å². The predicted octanol–water partition coefficient (Wildman–Crippen LogP) is 2.02. The number of benzene rings is 1. The van der Waals surface area contributed by atoms with E-state index >= 15 is 0 Å². The van der Waals surface area contributed by atoms with Gasteiger partial charge in [-0.3, -0.25) is 4.79 Å². The monoisotopic (exact) mass is 292 g/mol. The highest BCUT2D eigenvalue weighted by molar-refractivity contribution is 5.76. The molecule has 116 valence electrons. The van der Waals surface area contributed by atoms with E-state index in [0.29, 0.717) is 19.6 Å². The summed E-state index contributed by atoms with van der Waals surface area (Å²) in [7, 11) is 1.66. The lowest BCUT2D eigenvalue weighted by atomic mass is 10.00. The Hall–Kier alpha value is -1.75. The van der Waals surface area contributed by atoms with Gasteiger partial charge in [0.25, 0.3) is 0 Å². The number of nitrogens with one attached hydrogen (secondary N) is 2. The first-order chi connectivity index (χ1) is 10.1. The van der Waals surface area contributed by atoms with Crippen LogP contribution in [0, 0.1) is 0 Å². The normalized spacial score (nSPS) is 17.0. The van der Waals surface area contributed by atoms with Crippen LogP contribution in [0.3, 0.4) is 0 Å². The fraction of sp³-hybridized carbons (Fsp3) is 0.562. The fourth-order valence-corrected chi connectivity index (χ4v) is 2.47. The molecule has 1 atom stereocenters. The number of ether oxygens (including phenoxy) is 2. The van der Waals surface area contributed by atoms with Gasteiger partial charge < -0.3 is 20.1 Å². The number of hydrogen-bond donors (Lipinski definition) is 2. The average Bonchev–Trinajstić information content (AvgIpc) is 2.46. The van der Waals surface area contributed by atoms with Crippen LogP contribution < -0.4 is 20.1 Å². The van der Waals surface area contributed by atoms with Crippen LogP contribution in [0.5, 0.6) is 11.5 Å². The summed E-state index contributed by atoms with van der Waals surface area (Å²) in [5, 5.41) is 6.33. The molecule has 0 spiro atoms. The average molecular weight is 292 g/mol. The van der Waals surface area contributed by atoms with Gasteiger partial charge in [-0.25, -0.2) is 0 Å². The molecule has 1 aromatic carbocycles. The van der Waals surface area contributed by atoms with Crippen LogP contribution in [0.1, 0.15) is 38.3 Å². The number of rotatable bonds is 6. The molecule has 5 nitrogen and oxygen atoms in total. The van der Waals surface area contributed by atoms with Crippen molar-refractivity contribution in [3.63, 3.8) is 0 Å². The molecule has 1 aliphatic rings. The summed E-state index contributed by atoms with van der Waals surface area (Å²) in [5.41, 5.74) is 1.10. The molecule has 0 fully saturated rings. The Bertz CT molecular complexity index is 488. The minimum atomic E-state index is 0.0791. The summed E-state index contributed by atoms with van der Waals surface area (Å²) in [6.07, 6.45) is 1.38. The van der Waals surface area contributed by atoms with Gasteiger partial charge in [0.15, 0.2) is 0 Å². The molecule has 0 saturated heterocycles. The number of fused-ring (bicyclic) bond motifs is 1. The molecule has 1 aliphatic heterocycles. The molecule has 0 aliphatic carbocycles. The third kappa shape index (κ3) is 4.36. The zero-order valence-electron chi connectivity index (χ0n) is 12.9. The van der Waals surface area contributed by atoms with E-state index in [4.69, 9.17) is 9.47 Å². The van der Waals surface area contributed by atoms with Gasteiger partial charge in [-0.2, -0.15) is 0 Å². The van der Waals surface area contributed by atoms with E-state index in [9.17, 15) is 4.79 Å². The highest BCUT2D eigenvalue weighted by atomic mass is 16.5. The Morgan fingerprint density at radius 1 is 1.48 bits per heavy atom. The Balaban J connectivity index is 1.92. The standard InChI is InChI=1S/C16H24N2O3/c1-11(2)18-16(19)6-8-17-14-7-9-21-15-5-4-12(20-3)10-13(14)15/h4-5,10-11,14,17H,6-9H2,1-3H3,(H,18,19). The SMILES string of the molecule is COc1ccc2c(c1)C(NCCC(=O)NC(C)C)CCO2. The largest absolute Gasteiger partial charge is 0.497 e. The van der Waals surface area contributed by atoms with Crippen LogP contribution in [-0.4, -0.2) is 32.2 Å². The van der Waals surface area contributed by atoms with E-state index in [-0.39, 0.29) is 18.0 Å². The lowest BCUT2D eigenvalue weighted by molar-refractivity contribution is -0.121. The van der Waals surface area contributed by atoms with Crippen molar-refractivity contribution in [2.24, 2.45) is 0 Å². The van der Waals surface area contributed by atoms with E-state index in [1.165, 1.54) is 0 Å². The molecule has 0 saturated carbocycles. The second-order valence-corrected chi connectivity index (χ2v) is 5.52. The number of carbonyl (C=O) groups excluding carboxylic acids is 1. The predicted molar refractivity (Wildman–Crippen MR) is 81.7 cm³/mol. The third-order valence-electron chi connectivity index (χ3n) is 3.45. The van der Waals surface area contributed by atoms with E-state index < -0.39 is 0 Å². The Labute approximate surface area is 126 Å². The molecule has 2 N–H and O–H groups in total. The summed E-state index contributed by atoms with van der Waals surface area (Å²) in [6, 6.07) is 6.23. The van der Waals surface area contributed by atoms with Gasteiger partial charge in [-0.15, -0.1) is 0 Å². The molecule has 0 bridgehead atoms. The van der Waals surface area contributed by atoms with Gasteiger partial charge in [0.1, 0.15) is 11.5 Å². The molecule has 0 radical (unpaired) electrons. The van der Waals surface area contributed by atoms with Crippen molar-refractivity contribution in [1.29, 1.82) is 0 Å². The molecule has 21 heavy (non-hydrogen) atoms. The van der Waals surface area contributed by atoms with Gasteiger partial charge in [0, 0.05) is 37.0 Å². The first-order valence-corrected chi connectivity index (χ1v) is 7.43. The lowest BCUT2D eigenvalue weighted by Crippen LogP contribution is -2.34. The van der Waals surface area contributed by atoms with Crippen molar-refractivity contribution < 1.29 is 14.3 Å². The Morgan fingerprint density at radius 2 is 2.29 bits per heavy atom. The second-order valence-electron chi connectivity index (χ2n) is 5.52. The highest BCUT2D eigenvalue weighted by Gasteiger charge is 2.21. The summed E-state index contributed by atoms with van der Waals surface area (Å²) in [6.45, 7) is 5.27. The number of methoxy groups -OCH3 is 1. The van der Waals surface area contributed by atoms with E-state index in [0.717, 1.165) is 23.5 Å². The molecular weight excluding hydrogens is 268 g/mol. The fourth-order valence-electron chi connectivity index (χ4n) is 2.47. The van der Waals surface area contributed by atoms with Crippen LogP contribution in [0.15, 0.2) is 18.2 Å². The molecule has 1 aromatic rings. The molecule has 1 heterocycles. The second kappa shape index (κ2) is 7.31. The number of carbonyl (C=O) groups is 1. The van der Waals surface area contributed by atoms with Gasteiger partial charge >= 0.3 is 0 Å². The quantitative estimate of drug-likeness (QED) is 0.842. The molecular formula is C16H24N2O3. The highest BCUT2D eigenvalue weighted by Crippen LogP contribution is 2.34. The number of hydrogen-bond acceptors (Lipinski definition) is 4. The molecule has 1 unspecified atom stereocenters. The van der Waals surface area contributed by atoms with Crippen LogP contribution in [0.25, 0.3) is 0 Å². The van der Waals surface area contributed by atoms with Crippen LogP contribution in [-0.2, 0) is 4.79 Å². The minimum absolute atomic E-state index is 0.0791. The van der Waals surface area contributed by atoms with Gasteiger partial charge in [-0.05, 0) is 32.0 Å². The van der Waals surface area contributed by atoms with Crippen molar-refractivity contribution >= 4 is 5.91 Å². The van der Waals surface area contributed by atoms with Crippen molar-refractivity contribution in [3.05, 3.63) is 23.8 Å². The lowest BCUT2D eigenvalue weighted by Gasteiger charge is -2.27. The summed E-state index contributed by atoms with van der Waals surface area (Å²) in [5.74, 6) is 1.80. The van der Waals surface area contributed by atoms with E-state index in [2.05, 4.69) is 10.6 Å². The number of amides is 1. The topological polar surface area (TPSA) is 59.6 Å².